The first-order chi connectivity index (χ1) is 15.2. The lowest BCUT2D eigenvalue weighted by Crippen LogP contribution is -2.43. The van der Waals surface area contributed by atoms with Crippen molar-refractivity contribution in [3.05, 3.63) is 71.3 Å². The van der Waals surface area contributed by atoms with Crippen molar-refractivity contribution < 1.29 is 4.79 Å². The number of amides is 1. The first kappa shape index (κ1) is 23.0. The SMILES string of the molecule is CC(C)C(C(=O)N[C@H]1CC[C@@H]2CN(Cc3ccc(C(C)(C)C)cc3)C[C@@H]21)c1ccccc1. The zero-order valence-electron chi connectivity index (χ0n) is 20.5. The molecule has 3 heteroatoms. The highest BCUT2D eigenvalue weighted by Gasteiger charge is 2.43. The van der Waals surface area contributed by atoms with E-state index in [2.05, 4.69) is 81.2 Å². The van der Waals surface area contributed by atoms with Crippen LogP contribution in [0.25, 0.3) is 0 Å². The van der Waals surface area contributed by atoms with Crippen LogP contribution in [0, 0.1) is 17.8 Å². The van der Waals surface area contributed by atoms with Gasteiger partial charge in [-0.1, -0.05) is 89.2 Å². The van der Waals surface area contributed by atoms with Gasteiger partial charge >= 0.3 is 0 Å². The number of hydrogen-bond donors (Lipinski definition) is 1. The summed E-state index contributed by atoms with van der Waals surface area (Å²) in [5.41, 5.74) is 4.10. The first-order valence-electron chi connectivity index (χ1n) is 12.4. The Hall–Kier alpha value is -2.13. The Morgan fingerprint density at radius 2 is 1.69 bits per heavy atom. The highest BCUT2D eigenvalue weighted by molar-refractivity contribution is 5.84. The molecule has 1 heterocycles. The number of fused-ring (bicyclic) bond motifs is 1. The maximum absolute atomic E-state index is 13.3. The molecule has 32 heavy (non-hydrogen) atoms. The second-order valence-corrected chi connectivity index (χ2v) is 11.4. The van der Waals surface area contributed by atoms with Gasteiger partial charge in [-0.15, -0.1) is 0 Å². The summed E-state index contributed by atoms with van der Waals surface area (Å²) in [5, 5.41) is 3.47. The van der Waals surface area contributed by atoms with Crippen LogP contribution in [0.1, 0.15) is 70.1 Å². The van der Waals surface area contributed by atoms with Crippen LogP contribution in [-0.2, 0) is 16.8 Å². The molecule has 0 bridgehead atoms. The Labute approximate surface area is 194 Å². The van der Waals surface area contributed by atoms with Crippen molar-refractivity contribution in [1.82, 2.24) is 10.2 Å². The van der Waals surface area contributed by atoms with Gasteiger partial charge in [0.25, 0.3) is 0 Å². The van der Waals surface area contributed by atoms with Gasteiger partial charge in [-0.25, -0.2) is 0 Å². The summed E-state index contributed by atoms with van der Waals surface area (Å²) in [4.78, 5) is 15.9. The van der Waals surface area contributed by atoms with Gasteiger partial charge in [-0.2, -0.15) is 0 Å². The maximum atomic E-state index is 13.3. The topological polar surface area (TPSA) is 32.3 Å². The van der Waals surface area contributed by atoms with Crippen LogP contribution in [0.5, 0.6) is 0 Å². The molecule has 0 spiro atoms. The van der Waals surface area contributed by atoms with Crippen LogP contribution in [0.3, 0.4) is 0 Å². The summed E-state index contributed by atoms with van der Waals surface area (Å²) in [6.07, 6.45) is 2.35. The van der Waals surface area contributed by atoms with E-state index in [0.717, 1.165) is 31.6 Å². The summed E-state index contributed by atoms with van der Waals surface area (Å²) in [6.45, 7) is 14.3. The van der Waals surface area contributed by atoms with Gasteiger partial charge in [0, 0.05) is 25.7 Å². The zero-order valence-corrected chi connectivity index (χ0v) is 20.5. The summed E-state index contributed by atoms with van der Waals surface area (Å²) in [7, 11) is 0. The molecule has 1 amide bonds. The zero-order chi connectivity index (χ0) is 22.9. The molecule has 2 aromatic rings. The van der Waals surface area contributed by atoms with E-state index in [9.17, 15) is 4.79 Å². The van der Waals surface area contributed by atoms with Crippen molar-refractivity contribution in [2.45, 2.75) is 71.4 Å². The molecule has 1 aliphatic heterocycles. The number of nitrogens with one attached hydrogen (secondary N) is 1. The van der Waals surface area contributed by atoms with E-state index in [1.165, 1.54) is 17.5 Å². The number of benzene rings is 2. The number of carbonyl (C=O) groups excluding carboxylic acids is 1. The monoisotopic (exact) mass is 432 g/mol. The number of likely N-dealkylation sites (tertiary alicyclic amines) is 1. The van der Waals surface area contributed by atoms with Crippen LogP contribution in [-0.4, -0.2) is 29.9 Å². The number of hydrogen-bond acceptors (Lipinski definition) is 2. The highest BCUT2D eigenvalue weighted by Crippen LogP contribution is 2.39. The van der Waals surface area contributed by atoms with Crippen LogP contribution in [0.15, 0.2) is 54.6 Å². The molecule has 2 fully saturated rings. The predicted octanol–water partition coefficient (Wildman–Crippen LogP) is 5.75. The lowest BCUT2D eigenvalue weighted by molar-refractivity contribution is -0.124. The second kappa shape index (κ2) is 9.39. The Balaban J connectivity index is 1.37. The minimum Gasteiger partial charge on any atom is -0.352 e. The van der Waals surface area contributed by atoms with Crippen molar-refractivity contribution in [2.75, 3.05) is 13.1 Å². The fourth-order valence-electron chi connectivity index (χ4n) is 5.81. The minimum absolute atomic E-state index is 0.0749. The molecule has 0 radical (unpaired) electrons. The van der Waals surface area contributed by atoms with Gasteiger partial charge in [0.15, 0.2) is 0 Å². The van der Waals surface area contributed by atoms with Crippen LogP contribution in [0.4, 0.5) is 0 Å². The standard InChI is InChI=1S/C29H40N2O/c1-20(2)27(22-9-7-6-8-10-22)28(32)30-26-16-13-23-18-31(19-25(23)26)17-21-11-14-24(15-12-21)29(3,4)5/h6-12,14-15,20,23,25-27H,13,16-19H2,1-5H3,(H,30,32)/t23-,25+,26+,27?/m1/s1. The van der Waals surface area contributed by atoms with E-state index >= 15 is 0 Å². The van der Waals surface area contributed by atoms with Crippen molar-refractivity contribution in [3.63, 3.8) is 0 Å². The van der Waals surface area contributed by atoms with Gasteiger partial charge in [0.2, 0.25) is 5.91 Å². The van der Waals surface area contributed by atoms with Crippen LogP contribution in [0.2, 0.25) is 0 Å². The quantitative estimate of drug-likeness (QED) is 0.630. The van der Waals surface area contributed by atoms with E-state index < -0.39 is 0 Å². The molecule has 1 aliphatic carbocycles. The lowest BCUT2D eigenvalue weighted by atomic mass is 9.87. The third kappa shape index (κ3) is 5.09. The molecule has 2 aromatic carbocycles. The largest absolute Gasteiger partial charge is 0.352 e. The molecule has 1 saturated heterocycles. The first-order valence-corrected chi connectivity index (χ1v) is 12.4. The molecule has 172 valence electrons. The summed E-state index contributed by atoms with van der Waals surface area (Å²) < 4.78 is 0. The molecule has 1 N–H and O–H groups in total. The Morgan fingerprint density at radius 1 is 1.00 bits per heavy atom. The molecule has 3 nitrogen and oxygen atoms in total. The highest BCUT2D eigenvalue weighted by atomic mass is 16.2. The average Bonchev–Trinajstić information content (AvgIpc) is 3.29. The normalized spacial score (nSPS) is 24.5. The molecule has 4 rings (SSSR count). The van der Waals surface area contributed by atoms with Crippen LogP contribution < -0.4 is 5.32 Å². The number of rotatable bonds is 6. The summed E-state index contributed by atoms with van der Waals surface area (Å²) in [5.74, 6) is 1.70. The predicted molar refractivity (Wildman–Crippen MR) is 133 cm³/mol. The summed E-state index contributed by atoms with van der Waals surface area (Å²) in [6, 6.07) is 19.7. The summed E-state index contributed by atoms with van der Waals surface area (Å²) >= 11 is 0. The van der Waals surface area contributed by atoms with Gasteiger partial charge in [0.05, 0.1) is 5.92 Å². The molecular formula is C29H40N2O. The number of nitrogens with zero attached hydrogens (tertiary/aromatic N) is 1. The molecule has 1 saturated carbocycles. The third-order valence-electron chi connectivity index (χ3n) is 7.59. The van der Waals surface area contributed by atoms with Crippen molar-refractivity contribution in [3.8, 4) is 0 Å². The minimum atomic E-state index is -0.0749. The fraction of sp³-hybridized carbons (Fsp3) is 0.552. The molecule has 4 atom stereocenters. The average molecular weight is 433 g/mol. The smallest absolute Gasteiger partial charge is 0.228 e. The van der Waals surface area contributed by atoms with Gasteiger partial charge < -0.3 is 5.32 Å². The van der Waals surface area contributed by atoms with E-state index in [0.29, 0.717) is 17.9 Å². The van der Waals surface area contributed by atoms with Gasteiger partial charge in [0.1, 0.15) is 0 Å². The van der Waals surface area contributed by atoms with Crippen LogP contribution >= 0.6 is 0 Å². The lowest BCUT2D eigenvalue weighted by Gasteiger charge is -2.26. The molecule has 1 unspecified atom stereocenters. The van der Waals surface area contributed by atoms with E-state index in [1.54, 1.807) is 0 Å². The Morgan fingerprint density at radius 3 is 2.31 bits per heavy atom. The Bertz CT molecular complexity index is 897. The van der Waals surface area contributed by atoms with Gasteiger partial charge in [-0.05, 0) is 52.7 Å². The second-order valence-electron chi connectivity index (χ2n) is 11.4. The Kier molecular flexibility index (Phi) is 6.76. The molecule has 0 aromatic heterocycles. The maximum Gasteiger partial charge on any atom is 0.228 e. The van der Waals surface area contributed by atoms with Crippen molar-refractivity contribution >= 4 is 5.91 Å². The fourth-order valence-corrected chi connectivity index (χ4v) is 5.81. The van der Waals surface area contributed by atoms with Crippen molar-refractivity contribution in [2.24, 2.45) is 17.8 Å². The molecular weight excluding hydrogens is 392 g/mol. The van der Waals surface area contributed by atoms with E-state index in [-0.39, 0.29) is 23.2 Å². The van der Waals surface area contributed by atoms with Gasteiger partial charge in [-0.3, -0.25) is 9.69 Å². The van der Waals surface area contributed by atoms with Crippen molar-refractivity contribution in [1.29, 1.82) is 0 Å². The van der Waals surface area contributed by atoms with E-state index in [4.69, 9.17) is 0 Å². The molecule has 2 aliphatic rings. The number of carbonyl (C=O) groups is 1. The third-order valence-corrected chi connectivity index (χ3v) is 7.59. The van der Waals surface area contributed by atoms with E-state index in [1.807, 2.05) is 18.2 Å².